The molecular formula is C25H30O8. The first-order valence-electron chi connectivity index (χ1n) is 10.6. The first-order chi connectivity index (χ1) is 15.9. The lowest BCUT2D eigenvalue weighted by Crippen LogP contribution is -2.39. The van der Waals surface area contributed by atoms with Gasteiger partial charge in [0.15, 0.2) is 28.8 Å². The van der Waals surface area contributed by atoms with Crippen LogP contribution in [0.2, 0.25) is 0 Å². The number of hydrogen-bond acceptors (Lipinski definition) is 8. The van der Waals surface area contributed by atoms with Gasteiger partial charge in [-0.1, -0.05) is 6.92 Å². The van der Waals surface area contributed by atoms with Crippen molar-refractivity contribution in [1.82, 2.24) is 0 Å². The molecule has 0 fully saturated rings. The Hall–Kier alpha value is -3.42. The summed E-state index contributed by atoms with van der Waals surface area (Å²) >= 11 is 0. The minimum Gasteiger partial charge on any atom is -0.493 e. The van der Waals surface area contributed by atoms with Crippen LogP contribution in [-0.2, 0) is 9.53 Å². The first-order valence-corrected chi connectivity index (χ1v) is 10.6. The summed E-state index contributed by atoms with van der Waals surface area (Å²) in [6.07, 6.45) is 0. The minimum absolute atomic E-state index is 0.160. The van der Waals surface area contributed by atoms with Crippen LogP contribution in [0.5, 0.6) is 28.7 Å². The normalized spacial score (nSPS) is 19.4. The molecular weight excluding hydrogens is 428 g/mol. The summed E-state index contributed by atoms with van der Waals surface area (Å²) < 4.78 is 32.8. The van der Waals surface area contributed by atoms with E-state index in [4.69, 9.17) is 28.4 Å². The highest BCUT2D eigenvalue weighted by atomic mass is 16.5. The Labute approximate surface area is 193 Å². The van der Waals surface area contributed by atoms with Gasteiger partial charge in [0.1, 0.15) is 0 Å². The average Bonchev–Trinajstić information content (AvgIpc) is 2.84. The number of ether oxygens (including phenoxy) is 6. The van der Waals surface area contributed by atoms with Crippen molar-refractivity contribution in [1.29, 1.82) is 0 Å². The van der Waals surface area contributed by atoms with E-state index in [1.165, 1.54) is 35.5 Å². The maximum Gasteiger partial charge on any atom is 0.310 e. The molecule has 0 aliphatic heterocycles. The standard InChI is InChI=1S/C25H30O8/c1-8-33-25(27)21-13(2)23(26)16-12-18(29-4)17(28-3)11-15(16)22(21)14-9-19(30-5)24(32-7)20(10-14)31-6/h9-13,21-22H,8H2,1-7H3/t13-,21-,22+/m1/s1. The van der Waals surface area contributed by atoms with Crippen LogP contribution in [-0.4, -0.2) is 53.9 Å². The Bertz CT molecular complexity index is 1020. The molecule has 0 saturated heterocycles. The molecule has 0 heterocycles. The number of fused-ring (bicyclic) bond motifs is 1. The zero-order valence-electron chi connectivity index (χ0n) is 20.0. The highest BCUT2D eigenvalue weighted by Gasteiger charge is 2.46. The van der Waals surface area contributed by atoms with Gasteiger partial charge in [0.05, 0.1) is 48.1 Å². The summed E-state index contributed by atoms with van der Waals surface area (Å²) in [6, 6.07) is 7.00. The first kappa shape index (κ1) is 24.2. The lowest BCUT2D eigenvalue weighted by Gasteiger charge is -2.36. The van der Waals surface area contributed by atoms with Crippen LogP contribution in [0.4, 0.5) is 0 Å². The largest absolute Gasteiger partial charge is 0.493 e. The van der Waals surface area contributed by atoms with Crippen molar-refractivity contribution >= 4 is 11.8 Å². The molecule has 0 radical (unpaired) electrons. The Balaban J connectivity index is 2.35. The fourth-order valence-corrected chi connectivity index (χ4v) is 4.50. The summed E-state index contributed by atoms with van der Waals surface area (Å²) in [6.45, 7) is 3.69. The number of carbonyl (C=O) groups excluding carboxylic acids is 2. The topological polar surface area (TPSA) is 89.5 Å². The van der Waals surface area contributed by atoms with E-state index in [0.29, 0.717) is 39.9 Å². The number of esters is 1. The van der Waals surface area contributed by atoms with Gasteiger partial charge in [0.2, 0.25) is 5.75 Å². The molecule has 0 unspecified atom stereocenters. The molecule has 8 heteroatoms. The summed E-state index contributed by atoms with van der Waals surface area (Å²) in [7, 11) is 7.61. The Morgan fingerprint density at radius 3 is 1.85 bits per heavy atom. The maximum atomic E-state index is 13.4. The molecule has 8 nitrogen and oxygen atoms in total. The van der Waals surface area contributed by atoms with E-state index in [2.05, 4.69) is 0 Å². The highest BCUT2D eigenvalue weighted by Crippen LogP contribution is 2.50. The van der Waals surface area contributed by atoms with Crippen LogP contribution >= 0.6 is 0 Å². The molecule has 0 aromatic heterocycles. The Morgan fingerprint density at radius 2 is 1.36 bits per heavy atom. The van der Waals surface area contributed by atoms with Crippen molar-refractivity contribution in [2.24, 2.45) is 11.8 Å². The van der Waals surface area contributed by atoms with Crippen LogP contribution in [0.15, 0.2) is 24.3 Å². The number of Topliss-reactive ketones (excluding diaryl/α,β-unsaturated/α-hetero) is 1. The molecule has 0 amide bonds. The Kier molecular flexibility index (Phi) is 7.36. The fourth-order valence-electron chi connectivity index (χ4n) is 4.50. The van der Waals surface area contributed by atoms with Gasteiger partial charge in [0, 0.05) is 17.4 Å². The third kappa shape index (κ3) is 4.17. The second kappa shape index (κ2) is 10.0. The smallest absolute Gasteiger partial charge is 0.310 e. The van der Waals surface area contributed by atoms with Crippen molar-refractivity contribution in [3.05, 3.63) is 41.0 Å². The van der Waals surface area contributed by atoms with Gasteiger partial charge in [0.25, 0.3) is 0 Å². The molecule has 0 saturated carbocycles. The second-order valence-electron chi connectivity index (χ2n) is 7.66. The minimum atomic E-state index is -0.758. The van der Waals surface area contributed by atoms with Crippen LogP contribution in [0.25, 0.3) is 0 Å². The molecule has 2 aromatic carbocycles. The van der Waals surface area contributed by atoms with Crippen LogP contribution < -0.4 is 23.7 Å². The van der Waals surface area contributed by atoms with E-state index < -0.39 is 23.7 Å². The Morgan fingerprint density at radius 1 is 0.818 bits per heavy atom. The second-order valence-corrected chi connectivity index (χ2v) is 7.66. The summed E-state index contributed by atoms with van der Waals surface area (Å²) in [5.41, 5.74) is 1.83. The van der Waals surface area contributed by atoms with Gasteiger partial charge >= 0.3 is 5.97 Å². The monoisotopic (exact) mass is 458 g/mol. The molecule has 1 aliphatic rings. The third-order valence-corrected chi connectivity index (χ3v) is 6.07. The van der Waals surface area contributed by atoms with Crippen molar-refractivity contribution < 1.29 is 38.0 Å². The number of benzene rings is 2. The average molecular weight is 459 g/mol. The molecule has 178 valence electrons. The molecule has 3 atom stereocenters. The van der Waals surface area contributed by atoms with Gasteiger partial charge in [-0.2, -0.15) is 0 Å². The van der Waals surface area contributed by atoms with Crippen molar-refractivity contribution in [2.75, 3.05) is 42.2 Å². The van der Waals surface area contributed by atoms with E-state index in [1.807, 2.05) is 0 Å². The predicted octanol–water partition coefficient (Wildman–Crippen LogP) is 3.87. The summed E-state index contributed by atoms with van der Waals surface area (Å²) in [4.78, 5) is 26.5. The lowest BCUT2D eigenvalue weighted by molar-refractivity contribution is -0.150. The van der Waals surface area contributed by atoms with E-state index in [-0.39, 0.29) is 12.4 Å². The van der Waals surface area contributed by atoms with Crippen molar-refractivity contribution in [3.63, 3.8) is 0 Å². The SMILES string of the molecule is CCOC(=O)[C@H]1[C@@H](c2cc(OC)c(OC)c(OC)c2)c2cc(OC)c(OC)cc2C(=O)[C@@H]1C. The number of rotatable bonds is 8. The lowest BCUT2D eigenvalue weighted by atomic mass is 9.66. The number of carbonyl (C=O) groups is 2. The van der Waals surface area contributed by atoms with E-state index in [1.54, 1.807) is 38.1 Å². The predicted molar refractivity (Wildman–Crippen MR) is 121 cm³/mol. The van der Waals surface area contributed by atoms with E-state index >= 15 is 0 Å². The van der Waals surface area contributed by atoms with Crippen LogP contribution in [0.3, 0.4) is 0 Å². The summed E-state index contributed by atoms with van der Waals surface area (Å²) in [5.74, 6) is -0.297. The zero-order valence-corrected chi connectivity index (χ0v) is 20.0. The van der Waals surface area contributed by atoms with Gasteiger partial charge in [-0.3, -0.25) is 9.59 Å². The highest BCUT2D eigenvalue weighted by molar-refractivity contribution is 6.04. The summed E-state index contributed by atoms with van der Waals surface area (Å²) in [5, 5.41) is 0. The molecule has 0 N–H and O–H groups in total. The van der Waals surface area contributed by atoms with E-state index in [9.17, 15) is 9.59 Å². The third-order valence-electron chi connectivity index (χ3n) is 6.07. The molecule has 0 bridgehead atoms. The molecule has 33 heavy (non-hydrogen) atoms. The van der Waals surface area contributed by atoms with Gasteiger partial charge in [-0.15, -0.1) is 0 Å². The van der Waals surface area contributed by atoms with Crippen molar-refractivity contribution in [2.45, 2.75) is 19.8 Å². The van der Waals surface area contributed by atoms with Gasteiger partial charge in [-0.05, 0) is 42.3 Å². The van der Waals surface area contributed by atoms with Crippen molar-refractivity contribution in [3.8, 4) is 28.7 Å². The van der Waals surface area contributed by atoms with Crippen LogP contribution in [0, 0.1) is 11.8 Å². The van der Waals surface area contributed by atoms with Gasteiger partial charge < -0.3 is 28.4 Å². The number of methoxy groups -OCH3 is 5. The number of ketones is 1. The molecule has 0 spiro atoms. The van der Waals surface area contributed by atoms with Gasteiger partial charge in [-0.25, -0.2) is 0 Å². The zero-order chi connectivity index (χ0) is 24.3. The molecule has 2 aromatic rings. The molecule has 1 aliphatic carbocycles. The fraction of sp³-hybridized carbons (Fsp3) is 0.440. The number of hydrogen-bond donors (Lipinski definition) is 0. The van der Waals surface area contributed by atoms with E-state index in [0.717, 1.165) is 5.56 Å². The maximum absolute atomic E-state index is 13.4. The molecule has 3 rings (SSSR count). The van der Waals surface area contributed by atoms with Crippen LogP contribution in [0.1, 0.15) is 41.3 Å². The quantitative estimate of drug-likeness (QED) is 0.551.